The highest BCUT2D eigenvalue weighted by molar-refractivity contribution is 6.35. The van der Waals surface area contributed by atoms with Gasteiger partial charge in [0.05, 0.1) is 12.7 Å². The van der Waals surface area contributed by atoms with Gasteiger partial charge in [-0.3, -0.25) is 0 Å². The zero-order chi connectivity index (χ0) is 20.8. The Morgan fingerprint density at radius 2 is 1.52 bits per heavy atom. The number of methoxy groups -OCH3 is 1. The molecule has 0 aliphatic heterocycles. The lowest BCUT2D eigenvalue weighted by molar-refractivity contribution is 0.0597. The van der Waals surface area contributed by atoms with Crippen LogP contribution in [0.3, 0.4) is 0 Å². The van der Waals surface area contributed by atoms with Gasteiger partial charge in [-0.25, -0.2) is 4.79 Å². The Morgan fingerprint density at radius 1 is 0.862 bits per heavy atom. The lowest BCUT2D eigenvalue weighted by Crippen LogP contribution is -2.10. The van der Waals surface area contributed by atoms with E-state index in [1.54, 1.807) is 18.2 Å². The van der Waals surface area contributed by atoms with E-state index in [2.05, 4.69) is 0 Å². The van der Waals surface area contributed by atoms with E-state index >= 15 is 0 Å². The van der Waals surface area contributed by atoms with Crippen LogP contribution in [0.2, 0.25) is 10.0 Å². The molecule has 0 saturated heterocycles. The molecular weight excluding hydrogens is 411 g/mol. The molecular formula is C23H20Cl2O4. The van der Waals surface area contributed by atoms with Crippen molar-refractivity contribution < 1.29 is 19.0 Å². The zero-order valence-electron chi connectivity index (χ0n) is 16.1. The largest absolute Gasteiger partial charge is 0.489 e. The molecule has 0 radical (unpaired) electrons. The van der Waals surface area contributed by atoms with Gasteiger partial charge in [-0.2, -0.15) is 0 Å². The Labute approximate surface area is 179 Å². The number of rotatable bonds is 7. The summed E-state index contributed by atoms with van der Waals surface area (Å²) >= 11 is 12.1. The Morgan fingerprint density at radius 3 is 2.17 bits per heavy atom. The van der Waals surface area contributed by atoms with Crippen molar-refractivity contribution in [3.63, 3.8) is 0 Å². The quantitative estimate of drug-likeness (QED) is 0.415. The Hall–Kier alpha value is -2.69. The molecule has 0 bridgehead atoms. The zero-order valence-corrected chi connectivity index (χ0v) is 17.6. The van der Waals surface area contributed by atoms with Gasteiger partial charge < -0.3 is 14.2 Å². The van der Waals surface area contributed by atoms with Gasteiger partial charge in [0, 0.05) is 27.2 Å². The van der Waals surface area contributed by atoms with Crippen molar-refractivity contribution in [1.82, 2.24) is 0 Å². The number of hydrogen-bond acceptors (Lipinski definition) is 4. The lowest BCUT2D eigenvalue weighted by Gasteiger charge is -2.13. The maximum absolute atomic E-state index is 12.1. The van der Waals surface area contributed by atoms with Crippen molar-refractivity contribution in [2.75, 3.05) is 7.11 Å². The maximum atomic E-state index is 12.1. The highest BCUT2D eigenvalue weighted by atomic mass is 35.5. The van der Waals surface area contributed by atoms with Gasteiger partial charge >= 0.3 is 5.97 Å². The van der Waals surface area contributed by atoms with E-state index in [1.807, 2.05) is 49.4 Å². The van der Waals surface area contributed by atoms with Gasteiger partial charge in [0.1, 0.15) is 24.7 Å². The molecule has 3 aromatic carbocycles. The minimum absolute atomic E-state index is 0.235. The summed E-state index contributed by atoms with van der Waals surface area (Å²) in [4.78, 5) is 12.1. The molecule has 4 nitrogen and oxygen atoms in total. The van der Waals surface area contributed by atoms with Crippen LogP contribution < -0.4 is 9.47 Å². The average molecular weight is 431 g/mol. The fraction of sp³-hybridized carbons (Fsp3) is 0.174. The average Bonchev–Trinajstić information content (AvgIpc) is 2.71. The number of benzene rings is 3. The summed E-state index contributed by atoms with van der Waals surface area (Å²) in [7, 11) is 1.37. The van der Waals surface area contributed by atoms with E-state index in [1.165, 1.54) is 7.11 Å². The molecule has 0 fully saturated rings. The number of halogens is 2. The SMILES string of the molecule is COC(=O)c1c(C)cccc1COc1cccc(OCc2ccc(Cl)cc2Cl)c1. The molecule has 0 atom stereocenters. The number of carbonyl (C=O) groups excluding carboxylic acids is 1. The minimum Gasteiger partial charge on any atom is -0.489 e. The molecule has 0 aromatic heterocycles. The normalized spacial score (nSPS) is 10.5. The smallest absolute Gasteiger partial charge is 0.338 e. The standard InChI is InChI=1S/C23H20Cl2O4/c1-15-5-3-6-17(22(15)23(26)27-2)14-29-20-8-4-7-19(12-20)28-13-16-9-10-18(24)11-21(16)25/h3-12H,13-14H2,1-2H3. The highest BCUT2D eigenvalue weighted by Crippen LogP contribution is 2.25. The molecule has 0 saturated carbocycles. The van der Waals surface area contributed by atoms with Crippen molar-refractivity contribution in [2.24, 2.45) is 0 Å². The molecule has 3 aromatic rings. The molecule has 0 aliphatic carbocycles. The summed E-state index contributed by atoms with van der Waals surface area (Å²) < 4.78 is 16.6. The van der Waals surface area contributed by atoms with Crippen molar-refractivity contribution in [2.45, 2.75) is 20.1 Å². The van der Waals surface area contributed by atoms with Gasteiger partial charge in [-0.05, 0) is 36.8 Å². The van der Waals surface area contributed by atoms with Crippen LogP contribution in [0.25, 0.3) is 0 Å². The molecule has 6 heteroatoms. The second-order valence-electron chi connectivity index (χ2n) is 6.39. The van der Waals surface area contributed by atoms with Crippen LogP contribution in [0.1, 0.15) is 27.0 Å². The molecule has 0 aliphatic rings. The van der Waals surface area contributed by atoms with Crippen molar-refractivity contribution in [3.05, 3.63) is 93.0 Å². The first kappa shape index (κ1) is 21.0. The first-order valence-electron chi connectivity index (χ1n) is 8.94. The van der Waals surface area contributed by atoms with E-state index in [9.17, 15) is 4.79 Å². The van der Waals surface area contributed by atoms with Crippen LogP contribution in [0.15, 0.2) is 60.7 Å². The Kier molecular flexibility index (Phi) is 7.02. The van der Waals surface area contributed by atoms with Crippen molar-refractivity contribution in [1.29, 1.82) is 0 Å². The maximum Gasteiger partial charge on any atom is 0.338 e. The Balaban J connectivity index is 1.68. The number of ether oxygens (including phenoxy) is 3. The first-order valence-corrected chi connectivity index (χ1v) is 9.70. The number of hydrogen-bond donors (Lipinski definition) is 0. The van der Waals surface area contributed by atoms with Gasteiger partial charge in [-0.15, -0.1) is 0 Å². The van der Waals surface area contributed by atoms with Gasteiger partial charge in [0.15, 0.2) is 0 Å². The third-order valence-corrected chi connectivity index (χ3v) is 4.94. The molecule has 3 rings (SSSR count). The predicted molar refractivity (Wildman–Crippen MR) is 114 cm³/mol. The lowest BCUT2D eigenvalue weighted by atomic mass is 10.0. The second-order valence-corrected chi connectivity index (χ2v) is 7.23. The summed E-state index contributed by atoms with van der Waals surface area (Å²) in [6.07, 6.45) is 0. The summed E-state index contributed by atoms with van der Waals surface area (Å²) in [6, 6.07) is 18.2. The van der Waals surface area contributed by atoms with Crippen LogP contribution in [0.5, 0.6) is 11.5 Å². The number of carbonyl (C=O) groups is 1. The monoisotopic (exact) mass is 430 g/mol. The van der Waals surface area contributed by atoms with Crippen LogP contribution >= 0.6 is 23.2 Å². The van der Waals surface area contributed by atoms with Gasteiger partial charge in [-0.1, -0.05) is 53.5 Å². The third kappa shape index (κ3) is 5.43. The third-order valence-electron chi connectivity index (χ3n) is 4.36. The van der Waals surface area contributed by atoms with Crippen LogP contribution in [-0.4, -0.2) is 13.1 Å². The molecule has 0 unspecified atom stereocenters. The van der Waals surface area contributed by atoms with Crippen LogP contribution in [-0.2, 0) is 18.0 Å². The van der Waals surface area contributed by atoms with Crippen LogP contribution in [0.4, 0.5) is 0 Å². The summed E-state index contributed by atoms with van der Waals surface area (Å²) in [5.41, 5.74) is 2.97. The number of aryl methyl sites for hydroxylation is 1. The van der Waals surface area contributed by atoms with E-state index in [0.717, 1.165) is 16.7 Å². The van der Waals surface area contributed by atoms with Gasteiger partial charge in [0.2, 0.25) is 0 Å². The van der Waals surface area contributed by atoms with Gasteiger partial charge in [0.25, 0.3) is 0 Å². The number of esters is 1. The second kappa shape index (κ2) is 9.68. The molecule has 0 amide bonds. The van der Waals surface area contributed by atoms with E-state index in [0.29, 0.717) is 33.7 Å². The predicted octanol–water partition coefficient (Wildman–Crippen LogP) is 6.25. The minimum atomic E-state index is -0.376. The molecule has 0 spiro atoms. The molecule has 0 heterocycles. The molecule has 150 valence electrons. The fourth-order valence-corrected chi connectivity index (χ4v) is 3.32. The topological polar surface area (TPSA) is 44.8 Å². The van der Waals surface area contributed by atoms with Crippen LogP contribution in [0, 0.1) is 6.92 Å². The summed E-state index contributed by atoms with van der Waals surface area (Å²) in [5.74, 6) is 0.895. The Bertz CT molecular complexity index is 1020. The van der Waals surface area contributed by atoms with E-state index < -0.39 is 0 Å². The van der Waals surface area contributed by atoms with Crippen molar-refractivity contribution >= 4 is 29.2 Å². The van der Waals surface area contributed by atoms with Crippen molar-refractivity contribution in [3.8, 4) is 11.5 Å². The first-order chi connectivity index (χ1) is 14.0. The van der Waals surface area contributed by atoms with E-state index in [-0.39, 0.29) is 12.6 Å². The summed E-state index contributed by atoms with van der Waals surface area (Å²) in [6.45, 7) is 2.41. The molecule has 29 heavy (non-hydrogen) atoms. The summed E-state index contributed by atoms with van der Waals surface area (Å²) in [5, 5.41) is 1.14. The molecule has 0 N–H and O–H groups in total. The fourth-order valence-electron chi connectivity index (χ4n) is 2.86. The highest BCUT2D eigenvalue weighted by Gasteiger charge is 2.15. The van der Waals surface area contributed by atoms with E-state index in [4.69, 9.17) is 37.4 Å².